The highest BCUT2D eigenvalue weighted by molar-refractivity contribution is 7.90. The van der Waals surface area contributed by atoms with Gasteiger partial charge in [0.15, 0.2) is 9.84 Å². The fourth-order valence-corrected chi connectivity index (χ4v) is 3.72. The zero-order valence-electron chi connectivity index (χ0n) is 14.2. The van der Waals surface area contributed by atoms with Crippen LogP contribution in [0.5, 0.6) is 0 Å². The Kier molecular flexibility index (Phi) is 5.65. The summed E-state index contributed by atoms with van der Waals surface area (Å²) in [5.74, 6) is -2.01. The summed E-state index contributed by atoms with van der Waals surface area (Å²) >= 11 is 0. The molecule has 1 aliphatic rings. The molecule has 9 nitrogen and oxygen atoms in total. The van der Waals surface area contributed by atoms with E-state index < -0.39 is 37.9 Å². The van der Waals surface area contributed by atoms with Crippen molar-refractivity contribution in [3.05, 3.63) is 33.9 Å². The minimum Gasteiger partial charge on any atom is -0.480 e. The van der Waals surface area contributed by atoms with Crippen molar-refractivity contribution >= 4 is 27.4 Å². The molecule has 0 spiro atoms. The van der Waals surface area contributed by atoms with Crippen molar-refractivity contribution in [2.45, 2.75) is 49.0 Å². The second kappa shape index (κ2) is 7.40. The molecule has 2 N–H and O–H groups in total. The molecule has 1 saturated carbocycles. The zero-order chi connectivity index (χ0) is 19.5. The van der Waals surface area contributed by atoms with Gasteiger partial charge in [-0.3, -0.25) is 14.9 Å². The standard InChI is InChI=1S/C16H20N2O7S/c1-26(24,25)13-9-11(8-12(10-13)18(22)23)14(19)17-16(15(20)21)6-4-2-3-5-7-16/h8-10H,2-7H2,1H3,(H,17,19)(H,20,21). The molecule has 0 bridgehead atoms. The van der Waals surface area contributed by atoms with Gasteiger partial charge in [0.25, 0.3) is 11.6 Å². The fourth-order valence-electron chi connectivity index (χ4n) is 3.05. The summed E-state index contributed by atoms with van der Waals surface area (Å²) in [6.07, 6.45) is 4.37. The van der Waals surface area contributed by atoms with Crippen LogP contribution in [0.4, 0.5) is 5.69 Å². The number of benzene rings is 1. The molecular weight excluding hydrogens is 364 g/mol. The summed E-state index contributed by atoms with van der Waals surface area (Å²) in [6, 6.07) is 2.82. The van der Waals surface area contributed by atoms with Crippen molar-refractivity contribution in [3.63, 3.8) is 0 Å². The van der Waals surface area contributed by atoms with Crippen LogP contribution in [0.2, 0.25) is 0 Å². The third kappa shape index (κ3) is 4.37. The molecule has 10 heteroatoms. The van der Waals surface area contributed by atoms with E-state index in [0.717, 1.165) is 37.3 Å². The lowest BCUT2D eigenvalue weighted by Gasteiger charge is -2.29. The molecule has 0 aromatic heterocycles. The number of hydrogen-bond acceptors (Lipinski definition) is 6. The lowest BCUT2D eigenvalue weighted by molar-refractivity contribution is -0.385. The first-order valence-corrected chi connectivity index (χ1v) is 10.00. The Morgan fingerprint density at radius 1 is 1.15 bits per heavy atom. The van der Waals surface area contributed by atoms with E-state index in [1.165, 1.54) is 0 Å². The smallest absolute Gasteiger partial charge is 0.329 e. The van der Waals surface area contributed by atoms with Gasteiger partial charge in [0.1, 0.15) is 5.54 Å². The predicted molar refractivity (Wildman–Crippen MR) is 91.7 cm³/mol. The molecule has 0 atom stereocenters. The fraction of sp³-hybridized carbons (Fsp3) is 0.500. The van der Waals surface area contributed by atoms with Crippen LogP contribution < -0.4 is 5.32 Å². The molecular formula is C16H20N2O7S. The quantitative estimate of drug-likeness (QED) is 0.448. The molecule has 26 heavy (non-hydrogen) atoms. The minimum atomic E-state index is -3.79. The number of nitro groups is 1. The van der Waals surface area contributed by atoms with Crippen molar-refractivity contribution in [1.82, 2.24) is 5.32 Å². The molecule has 1 aliphatic carbocycles. The van der Waals surface area contributed by atoms with Crippen LogP contribution in [0, 0.1) is 10.1 Å². The molecule has 0 radical (unpaired) electrons. The third-order valence-corrected chi connectivity index (χ3v) is 5.60. The van der Waals surface area contributed by atoms with E-state index in [0.29, 0.717) is 12.8 Å². The number of carbonyl (C=O) groups excluding carboxylic acids is 1. The van der Waals surface area contributed by atoms with Crippen LogP contribution in [0.25, 0.3) is 0 Å². The van der Waals surface area contributed by atoms with E-state index >= 15 is 0 Å². The van der Waals surface area contributed by atoms with Crippen LogP contribution in [-0.2, 0) is 14.6 Å². The zero-order valence-corrected chi connectivity index (χ0v) is 15.0. The lowest BCUT2D eigenvalue weighted by Crippen LogP contribution is -2.54. The number of carbonyl (C=O) groups is 2. The highest BCUT2D eigenvalue weighted by atomic mass is 32.2. The van der Waals surface area contributed by atoms with Crippen molar-refractivity contribution in [1.29, 1.82) is 0 Å². The number of non-ortho nitro benzene ring substituents is 1. The monoisotopic (exact) mass is 384 g/mol. The van der Waals surface area contributed by atoms with Crippen LogP contribution in [0.15, 0.2) is 23.1 Å². The molecule has 142 valence electrons. The van der Waals surface area contributed by atoms with E-state index in [9.17, 15) is 33.2 Å². The summed E-state index contributed by atoms with van der Waals surface area (Å²) in [4.78, 5) is 34.2. The number of nitro benzene ring substituents is 1. The molecule has 0 heterocycles. The normalized spacial score (nSPS) is 17.1. The van der Waals surface area contributed by atoms with Crippen LogP contribution in [0.1, 0.15) is 48.9 Å². The molecule has 1 fully saturated rings. The highest BCUT2D eigenvalue weighted by Crippen LogP contribution is 2.28. The first-order valence-electron chi connectivity index (χ1n) is 8.11. The van der Waals surface area contributed by atoms with E-state index in [-0.39, 0.29) is 23.3 Å². The molecule has 1 aromatic rings. The van der Waals surface area contributed by atoms with Crippen LogP contribution >= 0.6 is 0 Å². The second-order valence-electron chi connectivity index (χ2n) is 6.50. The Labute approximate surface area is 150 Å². The van der Waals surface area contributed by atoms with Crippen molar-refractivity contribution in [2.24, 2.45) is 0 Å². The number of rotatable bonds is 5. The van der Waals surface area contributed by atoms with Gasteiger partial charge in [-0.05, 0) is 18.9 Å². The first-order chi connectivity index (χ1) is 12.0. The number of aliphatic carboxylic acids is 1. The molecule has 1 amide bonds. The maximum absolute atomic E-state index is 12.6. The third-order valence-electron chi connectivity index (χ3n) is 4.51. The average molecular weight is 384 g/mol. The number of hydrogen-bond donors (Lipinski definition) is 2. The predicted octanol–water partition coefficient (Wildman–Crippen LogP) is 1.91. The van der Waals surface area contributed by atoms with Gasteiger partial charge in [-0.25, -0.2) is 13.2 Å². The number of sulfone groups is 1. The Morgan fingerprint density at radius 2 is 1.73 bits per heavy atom. The van der Waals surface area contributed by atoms with Crippen molar-refractivity contribution < 1.29 is 28.0 Å². The second-order valence-corrected chi connectivity index (χ2v) is 8.52. The Morgan fingerprint density at radius 3 is 2.19 bits per heavy atom. The topological polar surface area (TPSA) is 144 Å². The number of nitrogens with zero attached hydrogens (tertiary/aromatic N) is 1. The first kappa shape index (κ1) is 19.8. The summed E-state index contributed by atoms with van der Waals surface area (Å²) in [7, 11) is -3.79. The van der Waals surface area contributed by atoms with Gasteiger partial charge in [0.05, 0.1) is 9.82 Å². The van der Waals surface area contributed by atoms with E-state index in [2.05, 4.69) is 5.32 Å². The summed E-state index contributed by atoms with van der Waals surface area (Å²) < 4.78 is 23.5. The maximum atomic E-state index is 12.6. The molecule has 0 aliphatic heterocycles. The van der Waals surface area contributed by atoms with Gasteiger partial charge < -0.3 is 10.4 Å². The molecule has 1 aromatic carbocycles. The van der Waals surface area contributed by atoms with Gasteiger partial charge in [-0.15, -0.1) is 0 Å². The lowest BCUT2D eigenvalue weighted by atomic mass is 9.90. The number of amides is 1. The number of carboxylic acids is 1. The van der Waals surface area contributed by atoms with E-state index in [1.54, 1.807) is 0 Å². The van der Waals surface area contributed by atoms with E-state index in [1.807, 2.05) is 0 Å². The van der Waals surface area contributed by atoms with E-state index in [4.69, 9.17) is 0 Å². The average Bonchev–Trinajstić information content (AvgIpc) is 2.80. The largest absolute Gasteiger partial charge is 0.480 e. The van der Waals surface area contributed by atoms with Gasteiger partial charge in [0.2, 0.25) is 0 Å². The Balaban J connectivity index is 2.43. The molecule has 0 saturated heterocycles. The summed E-state index contributed by atoms with van der Waals surface area (Å²) in [5, 5.41) is 23.1. The van der Waals surface area contributed by atoms with Crippen molar-refractivity contribution in [2.75, 3.05) is 6.26 Å². The maximum Gasteiger partial charge on any atom is 0.329 e. The SMILES string of the molecule is CS(=O)(=O)c1cc(C(=O)NC2(C(=O)O)CCCCCC2)cc([N+](=O)[O-])c1. The molecule has 0 unspecified atom stereocenters. The van der Waals surface area contributed by atoms with Crippen LogP contribution in [-0.4, -0.2) is 42.1 Å². The van der Waals surface area contributed by atoms with Gasteiger partial charge >= 0.3 is 5.97 Å². The summed E-state index contributed by atoms with van der Waals surface area (Å²) in [6.45, 7) is 0. The molecule has 2 rings (SSSR count). The highest BCUT2D eigenvalue weighted by Gasteiger charge is 2.40. The van der Waals surface area contributed by atoms with Gasteiger partial charge in [0, 0.05) is 24.0 Å². The Hall–Kier alpha value is -2.49. The van der Waals surface area contributed by atoms with Crippen LogP contribution in [0.3, 0.4) is 0 Å². The van der Waals surface area contributed by atoms with Gasteiger partial charge in [-0.1, -0.05) is 25.7 Å². The Bertz CT molecular complexity index is 840. The number of carboxylic acid groups (broad SMARTS) is 1. The minimum absolute atomic E-state index is 0.252. The van der Waals surface area contributed by atoms with Crippen molar-refractivity contribution in [3.8, 4) is 0 Å². The van der Waals surface area contributed by atoms with Gasteiger partial charge in [-0.2, -0.15) is 0 Å². The number of nitrogens with one attached hydrogen (secondary N) is 1. The summed E-state index contributed by atoms with van der Waals surface area (Å²) in [5.41, 5.74) is -2.27.